The monoisotopic (exact) mass is 846 g/mol. The Morgan fingerprint density at radius 2 is 1.05 bits per heavy atom. The number of aliphatic imine (C=N–C) groups is 1. The number of carbonyl (C=O) groups is 7. The summed E-state index contributed by atoms with van der Waals surface area (Å²) < 4.78 is 21.1. The number of amides is 6. The van der Waals surface area contributed by atoms with Crippen molar-refractivity contribution in [1.82, 2.24) is 31.9 Å². The van der Waals surface area contributed by atoms with E-state index in [-0.39, 0.29) is 57.7 Å². The van der Waals surface area contributed by atoms with Gasteiger partial charge in [0.2, 0.25) is 17.6 Å². The number of carbonyl (C=O) groups excluding carboxylic acids is 6. The molecule has 6 amide bonds. The predicted octanol–water partition coefficient (Wildman–Crippen LogP) is 4.72. The number of aliphatic hydroxyl groups is 1. The number of nitrogens with one attached hydrogen (secondary N) is 6. The minimum Gasteiger partial charge on any atom is -0.481 e. The molecule has 0 radical (unpaired) electrons. The van der Waals surface area contributed by atoms with Crippen LogP contribution in [-0.2, 0) is 33.3 Å². The van der Waals surface area contributed by atoms with Crippen molar-refractivity contribution in [3.63, 3.8) is 0 Å². The van der Waals surface area contributed by atoms with Gasteiger partial charge in [0, 0.05) is 32.5 Å². The first-order valence-corrected chi connectivity index (χ1v) is 19.9. The number of carboxylic acid groups (broad SMARTS) is 1. The van der Waals surface area contributed by atoms with Crippen LogP contribution in [0.4, 0.5) is 19.2 Å². The third-order valence-electron chi connectivity index (χ3n) is 7.12. The van der Waals surface area contributed by atoms with Crippen LogP contribution in [0, 0.1) is 0 Å². The normalized spacial score (nSPS) is 13.3. The van der Waals surface area contributed by atoms with Gasteiger partial charge in [-0.2, -0.15) is 0 Å². The van der Waals surface area contributed by atoms with E-state index in [4.69, 9.17) is 24.1 Å². The average Bonchev–Trinajstić information content (AvgIpc) is 3.01. The first kappa shape index (κ1) is 54.1. The second-order valence-corrected chi connectivity index (χ2v) is 17.9. The molecule has 0 aliphatic rings. The van der Waals surface area contributed by atoms with E-state index in [1.165, 1.54) is 0 Å². The number of hydrogen-bond donors (Lipinski definition) is 8. The van der Waals surface area contributed by atoms with E-state index in [1.807, 2.05) is 0 Å². The summed E-state index contributed by atoms with van der Waals surface area (Å²) in [5.74, 6) is -2.51. The molecule has 0 bridgehead atoms. The van der Waals surface area contributed by atoms with E-state index in [1.54, 1.807) is 83.1 Å². The van der Waals surface area contributed by atoms with Crippen LogP contribution in [0.5, 0.6) is 0 Å². The quantitative estimate of drug-likeness (QED) is 0.0271. The number of carboxylic acids is 1. The Labute approximate surface area is 348 Å². The van der Waals surface area contributed by atoms with Gasteiger partial charge >= 0.3 is 30.3 Å². The molecule has 0 saturated carbocycles. The van der Waals surface area contributed by atoms with Crippen LogP contribution in [0.2, 0.25) is 0 Å². The molecule has 8 N–H and O–H groups in total. The van der Waals surface area contributed by atoms with Crippen molar-refractivity contribution in [3.05, 3.63) is 0 Å². The highest BCUT2D eigenvalue weighted by atomic mass is 16.6. The molecule has 0 rings (SSSR count). The lowest BCUT2D eigenvalue weighted by Gasteiger charge is -2.29. The van der Waals surface area contributed by atoms with Crippen LogP contribution in [0.1, 0.15) is 147 Å². The number of alkyl carbamates (subject to hydrolysis) is 4. The van der Waals surface area contributed by atoms with Gasteiger partial charge in [-0.15, -0.1) is 0 Å². The summed E-state index contributed by atoms with van der Waals surface area (Å²) in [6.07, 6.45) is -1.02. The number of guanidine groups is 1. The fraction of sp³-hybridized carbons (Fsp3) is 0.795. The SMILES string of the molecule is CC(C)(C)OC(=O)NC(=NCCCCC(O)(NC(=O)OC(C)(C)C)C(=O)NCCCC[C@H](NC(=O)OC(C)(C)C)C(=O)NCCCCCC(=O)O)NC(=O)OC(C)(C)C. The highest BCUT2D eigenvalue weighted by molar-refractivity contribution is 6.01. The predicted molar refractivity (Wildman–Crippen MR) is 218 cm³/mol. The molecule has 0 aromatic carbocycles. The first-order valence-electron chi connectivity index (χ1n) is 19.9. The Balaban J connectivity index is 5.63. The Hall–Kier alpha value is -4.88. The molecule has 0 fully saturated rings. The molecule has 1 unspecified atom stereocenters. The van der Waals surface area contributed by atoms with E-state index in [9.17, 15) is 38.7 Å². The third-order valence-corrected chi connectivity index (χ3v) is 7.12. The number of ether oxygens (including phenoxy) is 4. The highest BCUT2D eigenvalue weighted by Crippen LogP contribution is 2.16. The summed E-state index contributed by atoms with van der Waals surface area (Å²) >= 11 is 0. The molecule has 20 heteroatoms. The van der Waals surface area contributed by atoms with Gasteiger partial charge < -0.3 is 45.1 Å². The molecular weight excluding hydrogens is 774 g/mol. The van der Waals surface area contributed by atoms with Gasteiger partial charge in [0.1, 0.15) is 28.4 Å². The minimum atomic E-state index is -2.41. The summed E-state index contributed by atoms with van der Waals surface area (Å²) in [5.41, 5.74) is -5.83. The van der Waals surface area contributed by atoms with E-state index in [0.717, 1.165) is 0 Å². The number of aliphatic carboxylic acids is 1. The molecule has 0 aromatic heterocycles. The third kappa shape index (κ3) is 29.9. The van der Waals surface area contributed by atoms with Gasteiger partial charge in [0.15, 0.2) is 0 Å². The van der Waals surface area contributed by atoms with Crippen molar-refractivity contribution in [2.75, 3.05) is 19.6 Å². The average molecular weight is 846 g/mol. The van der Waals surface area contributed by atoms with Crippen LogP contribution < -0.4 is 31.9 Å². The van der Waals surface area contributed by atoms with E-state index < -0.39 is 76.3 Å². The van der Waals surface area contributed by atoms with Gasteiger partial charge in [-0.05, 0) is 128 Å². The summed E-state index contributed by atoms with van der Waals surface area (Å²) in [6, 6.07) is -0.966. The smallest absolute Gasteiger partial charge is 0.414 e. The summed E-state index contributed by atoms with van der Waals surface area (Å²) in [6.45, 7) is 20.2. The number of nitrogens with zero attached hydrogens (tertiary/aromatic N) is 1. The van der Waals surface area contributed by atoms with Crippen LogP contribution in [0.25, 0.3) is 0 Å². The summed E-state index contributed by atoms with van der Waals surface area (Å²) in [7, 11) is 0. The van der Waals surface area contributed by atoms with Gasteiger partial charge in [-0.1, -0.05) is 6.42 Å². The van der Waals surface area contributed by atoms with Gasteiger partial charge in [-0.3, -0.25) is 35.3 Å². The number of rotatable bonds is 20. The van der Waals surface area contributed by atoms with Crippen molar-refractivity contribution < 1.29 is 62.7 Å². The second-order valence-electron chi connectivity index (χ2n) is 17.9. The maximum Gasteiger partial charge on any atom is 0.414 e. The Bertz CT molecular complexity index is 1400. The van der Waals surface area contributed by atoms with Gasteiger partial charge in [-0.25, -0.2) is 19.2 Å². The minimum absolute atomic E-state index is 0.00185. The molecule has 0 saturated heterocycles. The fourth-order valence-electron chi connectivity index (χ4n) is 4.75. The van der Waals surface area contributed by atoms with E-state index >= 15 is 0 Å². The molecule has 20 nitrogen and oxygen atoms in total. The first-order chi connectivity index (χ1) is 26.9. The maximum atomic E-state index is 13.4. The van der Waals surface area contributed by atoms with E-state index in [0.29, 0.717) is 32.1 Å². The van der Waals surface area contributed by atoms with Crippen molar-refractivity contribution in [1.29, 1.82) is 0 Å². The zero-order valence-electron chi connectivity index (χ0n) is 37.1. The zero-order chi connectivity index (χ0) is 45.7. The lowest BCUT2D eigenvalue weighted by atomic mass is 10.0. The number of unbranched alkanes of at least 4 members (excludes halogenated alkanes) is 4. The lowest BCUT2D eigenvalue weighted by Crippen LogP contribution is -2.59. The molecule has 0 spiro atoms. The largest absolute Gasteiger partial charge is 0.481 e. The summed E-state index contributed by atoms with van der Waals surface area (Å²) in [5, 5.41) is 35.2. The molecular formula is C39H71N7O13. The molecule has 0 aromatic rings. The number of hydrogen-bond acceptors (Lipinski definition) is 13. The van der Waals surface area contributed by atoms with Crippen molar-refractivity contribution in [2.24, 2.45) is 4.99 Å². The Morgan fingerprint density at radius 1 is 0.576 bits per heavy atom. The van der Waals surface area contributed by atoms with Crippen LogP contribution in [0.15, 0.2) is 4.99 Å². The summed E-state index contributed by atoms with van der Waals surface area (Å²) in [4.78, 5) is 91.3. The van der Waals surface area contributed by atoms with Crippen LogP contribution in [-0.4, -0.2) is 112 Å². The van der Waals surface area contributed by atoms with Crippen molar-refractivity contribution in [3.8, 4) is 0 Å². The molecule has 0 aliphatic carbocycles. The topological polar surface area (TPSA) is 281 Å². The zero-order valence-corrected chi connectivity index (χ0v) is 37.1. The van der Waals surface area contributed by atoms with Crippen molar-refractivity contribution in [2.45, 2.75) is 181 Å². The molecule has 59 heavy (non-hydrogen) atoms. The standard InChI is InChI=1S/C39H71N7O13/c1-35(2,3)56-31(51)43-26(28(49)40-23-17-13-14-21-27(47)48)20-15-18-24-41-29(50)39(55,46-34(54)59-38(10,11)12)22-16-19-25-42-30(44-32(52)57-36(4,5)6)45-33(53)58-37(7,8)9/h26,55H,13-25H2,1-12H3,(H,40,49)(H,41,50)(H,43,51)(H,46,54)(H,47,48)(H2,42,44,45,52,53)/t26-,39?/m0/s1. The maximum absolute atomic E-state index is 13.4. The fourth-order valence-corrected chi connectivity index (χ4v) is 4.75. The lowest BCUT2D eigenvalue weighted by molar-refractivity contribution is -0.144. The Morgan fingerprint density at radius 3 is 1.56 bits per heavy atom. The van der Waals surface area contributed by atoms with Crippen molar-refractivity contribution >= 4 is 48.1 Å². The van der Waals surface area contributed by atoms with Gasteiger partial charge in [0.25, 0.3) is 5.91 Å². The van der Waals surface area contributed by atoms with E-state index in [2.05, 4.69) is 36.9 Å². The molecule has 0 aliphatic heterocycles. The van der Waals surface area contributed by atoms with Gasteiger partial charge in [0.05, 0.1) is 0 Å². The molecule has 0 heterocycles. The second kappa shape index (κ2) is 24.9. The van der Waals surface area contributed by atoms with Crippen LogP contribution >= 0.6 is 0 Å². The van der Waals surface area contributed by atoms with Crippen LogP contribution in [0.3, 0.4) is 0 Å². The molecule has 340 valence electrons. The molecule has 2 atom stereocenters. The Kier molecular flexibility index (Phi) is 22.8. The highest BCUT2D eigenvalue weighted by Gasteiger charge is 2.38.